The highest BCUT2D eigenvalue weighted by atomic mass is 35.5. The van der Waals surface area contributed by atoms with Gasteiger partial charge in [-0.25, -0.2) is 18.6 Å². The molecule has 50 heavy (non-hydrogen) atoms. The smallest absolute Gasteiger partial charge is 0.340 e. The number of esters is 1. The van der Waals surface area contributed by atoms with Crippen LogP contribution in [0.25, 0.3) is 10.9 Å². The number of anilines is 1. The van der Waals surface area contributed by atoms with E-state index in [1.165, 1.54) is 43.3 Å². The zero-order valence-electron chi connectivity index (χ0n) is 26.0. The van der Waals surface area contributed by atoms with Gasteiger partial charge in [0.25, 0.3) is 11.7 Å². The van der Waals surface area contributed by atoms with E-state index >= 15 is 0 Å². The molecule has 4 aromatic carbocycles. The maximum absolute atomic E-state index is 14.0. The fourth-order valence-electron chi connectivity index (χ4n) is 4.62. The maximum atomic E-state index is 14.0. The molecular formula is C36H26Cl2F2N2O8. The predicted molar refractivity (Wildman–Crippen MR) is 181 cm³/mol. The maximum Gasteiger partial charge on any atom is 0.340 e. The molecule has 0 saturated carbocycles. The fourth-order valence-corrected chi connectivity index (χ4v) is 4.87. The van der Waals surface area contributed by atoms with Crippen LogP contribution in [0.4, 0.5) is 14.5 Å². The SMILES string of the molecule is CC(=O)OCC(=O)Cc1ccc(Cl)cc1.O=C(O)c1c(O)c(Cc2ccc(Cl)cc2)nc2c(F)cccc12.O=C1Nc2c(F)cccc2C1=O. The van der Waals surface area contributed by atoms with E-state index in [1.54, 1.807) is 48.5 Å². The third-order valence-corrected chi connectivity index (χ3v) is 7.47. The van der Waals surface area contributed by atoms with Crippen molar-refractivity contribution in [3.63, 3.8) is 0 Å². The standard InChI is InChI=1S/C17H11ClFNO3.C11H11ClO3.C8H4FNO2/c18-10-6-4-9(5-7-10)8-13-16(21)14(17(22)23)11-2-1-3-12(19)15(11)20-13;1-8(13)15-7-11(14)6-9-2-4-10(12)5-3-9;9-5-3-1-2-4-6(5)10-8(12)7(4)11/h1-7,21H,8H2,(H,22,23);2-5H,6-7H2,1H3;1-3H,(H,10,11,12). The number of nitrogens with one attached hydrogen (secondary N) is 1. The molecule has 0 spiro atoms. The summed E-state index contributed by atoms with van der Waals surface area (Å²) in [6.07, 6.45) is 0.415. The van der Waals surface area contributed by atoms with Gasteiger partial charge in [0.05, 0.1) is 16.9 Å². The van der Waals surface area contributed by atoms with Crippen molar-refractivity contribution in [2.45, 2.75) is 19.8 Å². The minimum absolute atomic E-state index is 0.00694. The van der Waals surface area contributed by atoms with Gasteiger partial charge in [0, 0.05) is 35.2 Å². The number of carbonyl (C=O) groups is 5. The number of ketones is 2. The molecule has 2 heterocycles. The Hall–Kier alpha value is -5.72. The number of aromatic nitrogens is 1. The Bertz CT molecular complexity index is 2110. The second kappa shape index (κ2) is 16.6. The molecule has 0 bridgehead atoms. The van der Waals surface area contributed by atoms with Crippen molar-refractivity contribution in [2.24, 2.45) is 0 Å². The molecule has 0 atom stereocenters. The molecule has 5 aromatic rings. The zero-order valence-corrected chi connectivity index (χ0v) is 27.5. The molecule has 14 heteroatoms. The van der Waals surface area contributed by atoms with Crippen LogP contribution in [0.15, 0.2) is 84.9 Å². The lowest BCUT2D eigenvalue weighted by Gasteiger charge is -2.11. The summed E-state index contributed by atoms with van der Waals surface area (Å²) in [5.41, 5.74) is 1.40. The molecule has 1 aliphatic heterocycles. The van der Waals surface area contributed by atoms with Crippen molar-refractivity contribution < 1.29 is 47.7 Å². The number of pyridine rings is 1. The van der Waals surface area contributed by atoms with Gasteiger partial charge in [-0.2, -0.15) is 0 Å². The van der Waals surface area contributed by atoms with Gasteiger partial charge in [0.1, 0.15) is 29.3 Å². The predicted octanol–water partition coefficient (Wildman–Crippen LogP) is 7.00. The molecule has 0 aliphatic carbocycles. The minimum Gasteiger partial charge on any atom is -0.505 e. The van der Waals surface area contributed by atoms with E-state index < -0.39 is 41.0 Å². The van der Waals surface area contributed by atoms with Crippen molar-refractivity contribution in [3.8, 4) is 5.75 Å². The molecular weight excluding hydrogens is 697 g/mol. The average Bonchev–Trinajstić information content (AvgIpc) is 3.37. The number of halogens is 4. The van der Waals surface area contributed by atoms with Gasteiger partial charge < -0.3 is 20.3 Å². The number of aromatic carboxylic acids is 1. The van der Waals surface area contributed by atoms with Crippen LogP contribution in [0.5, 0.6) is 5.75 Å². The van der Waals surface area contributed by atoms with Crippen LogP contribution >= 0.6 is 23.2 Å². The summed E-state index contributed by atoms with van der Waals surface area (Å²) in [7, 11) is 0. The largest absolute Gasteiger partial charge is 0.505 e. The molecule has 0 saturated heterocycles. The van der Waals surface area contributed by atoms with Crippen LogP contribution < -0.4 is 5.32 Å². The highest BCUT2D eigenvalue weighted by Gasteiger charge is 2.29. The number of aromatic hydroxyl groups is 1. The Morgan fingerprint density at radius 1 is 0.840 bits per heavy atom. The van der Waals surface area contributed by atoms with Crippen LogP contribution in [0.2, 0.25) is 10.0 Å². The van der Waals surface area contributed by atoms with Crippen molar-refractivity contribution in [1.82, 2.24) is 4.98 Å². The Balaban J connectivity index is 0.000000180. The van der Waals surface area contributed by atoms with Gasteiger partial charge in [0.2, 0.25) is 0 Å². The lowest BCUT2D eigenvalue weighted by atomic mass is 10.0. The Morgan fingerprint density at radius 2 is 1.42 bits per heavy atom. The van der Waals surface area contributed by atoms with Crippen LogP contribution in [-0.2, 0) is 32.0 Å². The molecule has 0 unspecified atom stereocenters. The van der Waals surface area contributed by atoms with Gasteiger partial charge in [0.15, 0.2) is 11.5 Å². The van der Waals surface area contributed by atoms with E-state index in [9.17, 15) is 43.0 Å². The van der Waals surface area contributed by atoms with Gasteiger partial charge in [-0.1, -0.05) is 65.7 Å². The summed E-state index contributed by atoms with van der Waals surface area (Å²) < 4.78 is 31.4. The number of hydrogen-bond donors (Lipinski definition) is 3. The molecule has 1 aromatic heterocycles. The van der Waals surface area contributed by atoms with E-state index in [1.807, 2.05) is 0 Å². The second-order valence-corrected chi connectivity index (χ2v) is 11.5. The monoisotopic (exact) mass is 722 g/mol. The number of para-hydroxylation sites is 2. The first-order valence-corrected chi connectivity index (χ1v) is 15.3. The van der Waals surface area contributed by atoms with E-state index in [2.05, 4.69) is 15.0 Å². The van der Waals surface area contributed by atoms with Gasteiger partial charge in [-0.3, -0.25) is 19.2 Å². The molecule has 0 fully saturated rings. The number of rotatable bonds is 7. The van der Waals surface area contributed by atoms with Crippen LogP contribution in [0.1, 0.15) is 44.5 Å². The van der Waals surface area contributed by atoms with Crippen molar-refractivity contribution in [3.05, 3.63) is 135 Å². The number of ether oxygens (including phenoxy) is 1. The number of carbonyl (C=O) groups excluding carboxylic acids is 4. The quantitative estimate of drug-likeness (QED) is 0.119. The van der Waals surface area contributed by atoms with Gasteiger partial charge in [-0.15, -0.1) is 0 Å². The first kappa shape index (κ1) is 37.1. The van der Waals surface area contributed by atoms with Crippen LogP contribution in [0.3, 0.4) is 0 Å². The first-order chi connectivity index (χ1) is 23.7. The van der Waals surface area contributed by atoms with Gasteiger partial charge >= 0.3 is 11.9 Å². The van der Waals surface area contributed by atoms with E-state index in [4.69, 9.17) is 23.2 Å². The first-order valence-electron chi connectivity index (χ1n) is 14.6. The topological polar surface area (TPSA) is 160 Å². The molecule has 1 aliphatic rings. The number of Topliss-reactive ketones (excluding diaryl/α,β-unsaturated/α-hetero) is 2. The molecule has 10 nitrogen and oxygen atoms in total. The van der Waals surface area contributed by atoms with Crippen LogP contribution in [-0.4, -0.2) is 51.2 Å². The fraction of sp³-hybridized carbons (Fsp3) is 0.111. The summed E-state index contributed by atoms with van der Waals surface area (Å²) in [5, 5.41) is 23.0. The number of amides is 1. The number of hydrogen-bond acceptors (Lipinski definition) is 8. The summed E-state index contributed by atoms with van der Waals surface area (Å²) >= 11 is 11.5. The third kappa shape index (κ3) is 9.46. The Kier molecular flexibility index (Phi) is 12.3. The number of nitrogens with zero attached hydrogens (tertiary/aromatic N) is 1. The Morgan fingerprint density at radius 3 is 2.00 bits per heavy atom. The van der Waals surface area contributed by atoms with E-state index in [0.29, 0.717) is 10.0 Å². The minimum atomic E-state index is -1.34. The summed E-state index contributed by atoms with van der Waals surface area (Å²) in [5.74, 6) is -5.02. The van der Waals surface area contributed by atoms with E-state index in [-0.39, 0.29) is 58.6 Å². The number of carboxylic acids is 1. The number of carboxylic acid groups (broad SMARTS) is 1. The number of fused-ring (bicyclic) bond motifs is 2. The molecule has 1 amide bonds. The van der Waals surface area contributed by atoms with Crippen molar-refractivity contribution in [1.29, 1.82) is 0 Å². The molecule has 0 radical (unpaired) electrons. The molecule has 3 N–H and O–H groups in total. The second-order valence-electron chi connectivity index (χ2n) is 10.6. The lowest BCUT2D eigenvalue weighted by Crippen LogP contribution is -2.13. The summed E-state index contributed by atoms with van der Waals surface area (Å²) in [6.45, 7) is 1.10. The van der Waals surface area contributed by atoms with E-state index in [0.717, 1.165) is 11.1 Å². The van der Waals surface area contributed by atoms with Crippen molar-refractivity contribution >= 4 is 69.2 Å². The third-order valence-electron chi connectivity index (χ3n) is 6.97. The zero-order chi connectivity index (χ0) is 36.5. The highest BCUT2D eigenvalue weighted by molar-refractivity contribution is 6.51. The van der Waals surface area contributed by atoms with Gasteiger partial charge in [-0.05, 0) is 53.6 Å². The number of benzene rings is 4. The summed E-state index contributed by atoms with van der Waals surface area (Å²) in [4.78, 5) is 59.1. The highest BCUT2D eigenvalue weighted by Crippen LogP contribution is 2.32. The van der Waals surface area contributed by atoms with Crippen molar-refractivity contribution in [2.75, 3.05) is 11.9 Å². The molecule has 256 valence electrons. The summed E-state index contributed by atoms with van der Waals surface area (Å²) in [6, 6.07) is 21.8. The normalized spacial score (nSPS) is 11.4. The average molecular weight is 724 g/mol. The van der Waals surface area contributed by atoms with Crippen LogP contribution in [0, 0.1) is 11.6 Å². The Labute approximate surface area is 293 Å². The lowest BCUT2D eigenvalue weighted by molar-refractivity contribution is -0.145. The molecule has 6 rings (SSSR count).